The van der Waals surface area contributed by atoms with Crippen molar-refractivity contribution < 1.29 is 36.2 Å². The fourth-order valence-electron chi connectivity index (χ4n) is 3.45. The summed E-state index contributed by atoms with van der Waals surface area (Å²) in [6.07, 6.45) is -4.94. The number of fused-ring (bicyclic) bond motifs is 1. The molecule has 2 aromatic heterocycles. The van der Waals surface area contributed by atoms with Gasteiger partial charge in [0.2, 0.25) is 20.1 Å². The van der Waals surface area contributed by atoms with Crippen LogP contribution < -0.4 is 15.2 Å². The Balaban J connectivity index is 1.59. The maximum absolute atomic E-state index is 13.1. The van der Waals surface area contributed by atoms with Gasteiger partial charge in [-0.15, -0.1) is 18.3 Å². The van der Waals surface area contributed by atoms with E-state index in [-0.39, 0.29) is 24.5 Å². The number of rotatable bonds is 5. The summed E-state index contributed by atoms with van der Waals surface area (Å²) < 4.78 is 69.2. The van der Waals surface area contributed by atoms with E-state index in [0.717, 1.165) is 39.9 Å². The molecule has 182 valence electrons. The molecule has 1 aliphatic heterocycles. The Kier molecular flexibility index (Phi) is 5.99. The molecule has 0 amide bonds. The van der Waals surface area contributed by atoms with Crippen LogP contribution in [0.1, 0.15) is 5.69 Å². The molecule has 16 heteroatoms. The van der Waals surface area contributed by atoms with Gasteiger partial charge in [-0.1, -0.05) is 11.3 Å². The van der Waals surface area contributed by atoms with Gasteiger partial charge in [0.15, 0.2) is 0 Å². The topological polar surface area (TPSA) is 134 Å². The molecule has 1 fully saturated rings. The van der Waals surface area contributed by atoms with E-state index in [9.17, 15) is 36.3 Å². The highest BCUT2D eigenvalue weighted by atomic mass is 32.2. The maximum atomic E-state index is 13.1. The Morgan fingerprint density at radius 3 is 2.53 bits per heavy atom. The minimum absolute atomic E-state index is 0.0853. The molecule has 1 N–H and O–H groups in total. The molecule has 0 spiro atoms. The van der Waals surface area contributed by atoms with Gasteiger partial charge in [0.1, 0.15) is 11.8 Å². The van der Waals surface area contributed by atoms with E-state index < -0.39 is 39.7 Å². The number of nitrogens with zero attached hydrogens (tertiary/aromatic N) is 5. The summed E-state index contributed by atoms with van der Waals surface area (Å²) in [6, 6.07) is 3.31. The minimum atomic E-state index is -4.94. The quantitative estimate of drug-likeness (QED) is 0.530. The van der Waals surface area contributed by atoms with Gasteiger partial charge in [-0.3, -0.25) is 9.59 Å². The summed E-state index contributed by atoms with van der Waals surface area (Å²) >= 11 is 1.06. The average Bonchev–Trinajstić information content (AvgIpc) is 3.17. The smallest absolute Gasteiger partial charge is 0.480 e. The zero-order valence-corrected chi connectivity index (χ0v) is 18.9. The molecule has 1 aromatic carbocycles. The van der Waals surface area contributed by atoms with Crippen molar-refractivity contribution in [2.75, 3.05) is 24.5 Å². The summed E-state index contributed by atoms with van der Waals surface area (Å²) in [5, 5.41) is 14.4. The van der Waals surface area contributed by atoms with Crippen molar-refractivity contribution >= 4 is 37.4 Å². The number of piperazine rings is 1. The third-order valence-electron chi connectivity index (χ3n) is 4.97. The van der Waals surface area contributed by atoms with E-state index in [0.29, 0.717) is 15.8 Å². The Labute approximate surface area is 193 Å². The third-order valence-corrected chi connectivity index (χ3v) is 7.86. The van der Waals surface area contributed by atoms with Crippen molar-refractivity contribution in [2.24, 2.45) is 0 Å². The molecule has 0 saturated carbocycles. The largest absolute Gasteiger partial charge is 0.573 e. The molecule has 0 radical (unpaired) electrons. The van der Waals surface area contributed by atoms with E-state index in [4.69, 9.17) is 0 Å². The third kappa shape index (κ3) is 4.69. The zero-order valence-electron chi connectivity index (χ0n) is 17.3. The number of carboxylic acid groups (broad SMARTS) is 1. The Morgan fingerprint density at radius 2 is 1.91 bits per heavy atom. The van der Waals surface area contributed by atoms with E-state index in [1.807, 2.05) is 0 Å². The van der Waals surface area contributed by atoms with Gasteiger partial charge in [0.05, 0.1) is 4.90 Å². The molecule has 1 saturated heterocycles. The number of hydrogen-bond acceptors (Lipinski definition) is 9. The number of hydrogen-bond donors (Lipinski definition) is 1. The first-order valence-electron chi connectivity index (χ1n) is 9.58. The molecule has 0 bridgehead atoms. The van der Waals surface area contributed by atoms with E-state index in [1.54, 1.807) is 11.8 Å². The Hall–Kier alpha value is -3.24. The van der Waals surface area contributed by atoms with Gasteiger partial charge < -0.3 is 14.7 Å². The van der Waals surface area contributed by atoms with Crippen LogP contribution >= 0.6 is 11.3 Å². The van der Waals surface area contributed by atoms with Gasteiger partial charge >= 0.3 is 12.3 Å². The SMILES string of the molecule is Cc1cc(=O)nc2sc(N3CCN(S(=O)(=O)c4ccc(OC(F)(F)F)cc4)[C@@H](C(=O)O)C3)nn12. The number of carboxylic acids is 1. The second-order valence-electron chi connectivity index (χ2n) is 7.25. The standard InChI is InChI=1S/C18H16F3N5O6S2/c1-10-8-14(27)22-16-26(10)23-17(33-16)24-6-7-25(13(9-24)15(28)29)34(30,31)12-4-2-11(3-5-12)32-18(19,20)21/h2-5,8,13H,6-7,9H2,1H3,(H,28,29)/t13-/m1/s1. The number of aryl methyl sites for hydroxylation is 1. The van der Waals surface area contributed by atoms with Gasteiger partial charge in [-0.2, -0.15) is 9.29 Å². The number of aliphatic carboxylic acids is 1. The first-order valence-corrected chi connectivity index (χ1v) is 11.8. The molecule has 3 heterocycles. The minimum Gasteiger partial charge on any atom is -0.480 e. The van der Waals surface area contributed by atoms with Crippen LogP contribution in [0.4, 0.5) is 18.3 Å². The monoisotopic (exact) mass is 519 g/mol. The Morgan fingerprint density at radius 1 is 1.24 bits per heavy atom. The van der Waals surface area contributed by atoms with Crippen molar-refractivity contribution in [1.82, 2.24) is 18.9 Å². The molecule has 34 heavy (non-hydrogen) atoms. The highest BCUT2D eigenvalue weighted by Crippen LogP contribution is 2.29. The summed E-state index contributed by atoms with van der Waals surface area (Å²) in [7, 11) is -4.35. The van der Waals surface area contributed by atoms with Crippen molar-refractivity contribution in [2.45, 2.75) is 24.2 Å². The van der Waals surface area contributed by atoms with Crippen molar-refractivity contribution in [1.29, 1.82) is 0 Å². The lowest BCUT2D eigenvalue weighted by Gasteiger charge is -2.38. The molecule has 1 atom stereocenters. The molecular weight excluding hydrogens is 503 g/mol. The molecule has 0 unspecified atom stereocenters. The summed E-state index contributed by atoms with van der Waals surface area (Å²) in [6.45, 7) is 1.28. The fraction of sp³-hybridized carbons (Fsp3) is 0.333. The van der Waals surface area contributed by atoms with Crippen LogP contribution in [0.2, 0.25) is 0 Å². The second-order valence-corrected chi connectivity index (χ2v) is 10.1. The first-order chi connectivity index (χ1) is 15.8. The van der Waals surface area contributed by atoms with Crippen LogP contribution in [0.25, 0.3) is 4.96 Å². The second kappa shape index (κ2) is 8.52. The van der Waals surface area contributed by atoms with Crippen LogP contribution in [0.15, 0.2) is 40.0 Å². The van der Waals surface area contributed by atoms with E-state index >= 15 is 0 Å². The van der Waals surface area contributed by atoms with E-state index in [2.05, 4.69) is 14.8 Å². The van der Waals surface area contributed by atoms with E-state index in [1.165, 1.54) is 10.6 Å². The predicted octanol–water partition coefficient (Wildman–Crippen LogP) is 1.32. The van der Waals surface area contributed by atoms with Crippen molar-refractivity contribution in [3.8, 4) is 5.75 Å². The van der Waals surface area contributed by atoms with Gasteiger partial charge in [0, 0.05) is 31.4 Å². The number of anilines is 1. The Bertz CT molecular complexity index is 1400. The number of carbonyl (C=O) groups is 1. The molecule has 11 nitrogen and oxygen atoms in total. The first kappa shape index (κ1) is 23.9. The molecular formula is C18H16F3N5O6S2. The van der Waals surface area contributed by atoms with Gasteiger partial charge in [-0.25, -0.2) is 12.9 Å². The number of alkyl halides is 3. The lowest BCUT2D eigenvalue weighted by molar-refractivity contribution is -0.274. The number of benzene rings is 1. The van der Waals surface area contributed by atoms with Crippen LogP contribution in [0.5, 0.6) is 5.75 Å². The normalized spacial score (nSPS) is 17.8. The van der Waals surface area contributed by atoms with Crippen molar-refractivity contribution in [3.05, 3.63) is 46.4 Å². The number of ether oxygens (including phenoxy) is 1. The highest BCUT2D eigenvalue weighted by molar-refractivity contribution is 7.89. The lowest BCUT2D eigenvalue weighted by Crippen LogP contribution is -2.58. The van der Waals surface area contributed by atoms with Crippen LogP contribution in [0.3, 0.4) is 0 Å². The molecule has 1 aliphatic rings. The van der Waals surface area contributed by atoms with Crippen LogP contribution in [-0.4, -0.2) is 70.4 Å². The number of halogens is 3. The lowest BCUT2D eigenvalue weighted by atomic mass is 10.2. The number of sulfonamides is 1. The zero-order chi connectivity index (χ0) is 24.8. The average molecular weight is 519 g/mol. The number of aromatic nitrogens is 3. The van der Waals surface area contributed by atoms with Gasteiger partial charge in [0.25, 0.3) is 5.56 Å². The molecule has 0 aliphatic carbocycles. The maximum Gasteiger partial charge on any atom is 0.573 e. The highest BCUT2D eigenvalue weighted by Gasteiger charge is 2.41. The summed E-state index contributed by atoms with van der Waals surface area (Å²) in [5.74, 6) is -2.01. The summed E-state index contributed by atoms with van der Waals surface area (Å²) in [4.78, 5) is 29.0. The van der Waals surface area contributed by atoms with Crippen LogP contribution in [-0.2, 0) is 14.8 Å². The predicted molar refractivity (Wildman–Crippen MR) is 113 cm³/mol. The molecule has 4 rings (SSSR count). The fourth-order valence-corrected chi connectivity index (χ4v) is 6.00. The van der Waals surface area contributed by atoms with Gasteiger partial charge in [-0.05, 0) is 31.2 Å². The van der Waals surface area contributed by atoms with Crippen molar-refractivity contribution in [3.63, 3.8) is 0 Å². The summed E-state index contributed by atoms with van der Waals surface area (Å²) in [5.41, 5.74) is 0.0881. The van der Waals surface area contributed by atoms with Crippen LogP contribution in [0, 0.1) is 6.92 Å². The molecule has 3 aromatic rings.